The molecule has 9 nitrogen and oxygen atoms in total. The van der Waals surface area contributed by atoms with Gasteiger partial charge in [-0.3, -0.25) is 14.6 Å². The number of nitrogens with zero attached hydrogens (tertiary/aromatic N) is 1. The Labute approximate surface area is 227 Å². The predicted octanol–water partition coefficient (Wildman–Crippen LogP) is 4.46. The highest BCUT2D eigenvalue weighted by atomic mass is 16.6. The van der Waals surface area contributed by atoms with Crippen LogP contribution in [0.5, 0.6) is 5.75 Å². The first kappa shape index (κ1) is 27.4. The molecule has 3 heterocycles. The number of aliphatic hydroxyl groups excluding tert-OH is 1. The summed E-state index contributed by atoms with van der Waals surface area (Å²) in [5.74, 6) is -0.763. The maximum absolute atomic E-state index is 13.3. The van der Waals surface area contributed by atoms with Crippen molar-refractivity contribution in [1.82, 2.24) is 4.98 Å². The topological polar surface area (TPSA) is 125 Å². The Morgan fingerprint density at radius 3 is 2.59 bits per heavy atom. The Kier molecular flexibility index (Phi) is 6.64. The molecule has 1 aliphatic heterocycles. The first-order valence-corrected chi connectivity index (χ1v) is 13.6. The lowest BCUT2D eigenvalue weighted by Gasteiger charge is -2.66. The van der Waals surface area contributed by atoms with Crippen molar-refractivity contribution in [3.8, 4) is 17.1 Å². The number of esters is 2. The molecule has 8 atom stereocenters. The highest BCUT2D eigenvalue weighted by molar-refractivity contribution is 5.67. The summed E-state index contributed by atoms with van der Waals surface area (Å²) in [7, 11) is 0. The van der Waals surface area contributed by atoms with Crippen molar-refractivity contribution >= 4 is 11.9 Å². The third-order valence-corrected chi connectivity index (χ3v) is 9.90. The summed E-state index contributed by atoms with van der Waals surface area (Å²) in [5.41, 5.74) is -1.92. The smallest absolute Gasteiger partial charge is 0.345 e. The Hall–Kier alpha value is -3.20. The number of ether oxygens (including phenoxy) is 3. The second kappa shape index (κ2) is 9.47. The fourth-order valence-corrected chi connectivity index (χ4v) is 7.95. The van der Waals surface area contributed by atoms with Gasteiger partial charge in [0, 0.05) is 49.2 Å². The minimum atomic E-state index is -1.14. The highest BCUT2D eigenvalue weighted by Gasteiger charge is 2.69. The summed E-state index contributed by atoms with van der Waals surface area (Å²) in [6, 6.07) is 5.22. The van der Waals surface area contributed by atoms with E-state index in [1.807, 2.05) is 13.8 Å². The van der Waals surface area contributed by atoms with Crippen LogP contribution >= 0.6 is 0 Å². The Morgan fingerprint density at radius 1 is 1.21 bits per heavy atom. The molecule has 0 amide bonds. The predicted molar refractivity (Wildman–Crippen MR) is 141 cm³/mol. The molecule has 0 bridgehead atoms. The molecule has 5 rings (SSSR count). The van der Waals surface area contributed by atoms with Gasteiger partial charge in [-0.05, 0) is 55.6 Å². The summed E-state index contributed by atoms with van der Waals surface area (Å²) in [5, 5.41) is 12.0. The molecule has 2 aromatic rings. The van der Waals surface area contributed by atoms with Crippen molar-refractivity contribution in [2.75, 3.05) is 6.61 Å². The Balaban J connectivity index is 1.61. The van der Waals surface area contributed by atoms with E-state index >= 15 is 0 Å². The van der Waals surface area contributed by atoms with Gasteiger partial charge in [0.1, 0.15) is 35.4 Å². The number of aromatic nitrogens is 1. The number of aliphatic hydroxyl groups is 1. The van der Waals surface area contributed by atoms with Gasteiger partial charge in [0.25, 0.3) is 0 Å². The van der Waals surface area contributed by atoms with Crippen molar-refractivity contribution in [1.29, 1.82) is 0 Å². The highest BCUT2D eigenvalue weighted by Crippen LogP contribution is 2.68. The van der Waals surface area contributed by atoms with E-state index in [1.54, 1.807) is 30.6 Å². The molecule has 0 radical (unpaired) electrons. The van der Waals surface area contributed by atoms with Gasteiger partial charge in [-0.15, -0.1) is 0 Å². The van der Waals surface area contributed by atoms with Gasteiger partial charge in [0.05, 0.1) is 6.10 Å². The van der Waals surface area contributed by atoms with E-state index in [9.17, 15) is 19.5 Å². The molecule has 0 spiro atoms. The number of carbonyl (C=O) groups is 2. The zero-order valence-corrected chi connectivity index (χ0v) is 23.4. The van der Waals surface area contributed by atoms with Gasteiger partial charge in [0.2, 0.25) is 0 Å². The van der Waals surface area contributed by atoms with Crippen LogP contribution in [0, 0.1) is 28.6 Å². The lowest BCUT2D eigenvalue weighted by molar-refractivity contribution is -0.253. The van der Waals surface area contributed by atoms with Crippen LogP contribution in [0.1, 0.15) is 72.5 Å². The molecule has 2 saturated carbocycles. The van der Waals surface area contributed by atoms with Gasteiger partial charge >= 0.3 is 17.6 Å². The van der Waals surface area contributed by atoms with Crippen LogP contribution in [0.2, 0.25) is 0 Å². The first-order chi connectivity index (χ1) is 18.3. The second-order valence-corrected chi connectivity index (χ2v) is 12.2. The number of rotatable bonds is 4. The first-order valence-electron chi connectivity index (χ1n) is 13.6. The fourth-order valence-electron chi connectivity index (χ4n) is 7.95. The number of carbonyl (C=O) groups excluding carboxylic acids is 2. The Bertz CT molecular complexity index is 1340. The largest absolute Gasteiger partial charge is 0.486 e. The lowest BCUT2D eigenvalue weighted by atomic mass is 9.41. The minimum absolute atomic E-state index is 0.0507. The maximum atomic E-state index is 13.3. The van der Waals surface area contributed by atoms with E-state index in [-0.39, 0.29) is 30.0 Å². The molecule has 39 heavy (non-hydrogen) atoms. The van der Waals surface area contributed by atoms with E-state index in [2.05, 4.69) is 18.8 Å². The quantitative estimate of drug-likeness (QED) is 0.561. The number of hydrogen-bond acceptors (Lipinski definition) is 9. The van der Waals surface area contributed by atoms with Gasteiger partial charge in [-0.1, -0.05) is 20.8 Å². The van der Waals surface area contributed by atoms with Crippen LogP contribution in [-0.4, -0.2) is 40.3 Å². The van der Waals surface area contributed by atoms with E-state index in [4.69, 9.17) is 18.6 Å². The van der Waals surface area contributed by atoms with Gasteiger partial charge in [-0.25, -0.2) is 4.79 Å². The standard InChI is InChI=1S/C30H37NO8/c1-16-12-22-28(4,10-9-23(37-18(3)33)29(22,5)15-36-17(2)32)26-25(34)24-21(39-30(16,26)6)13-20(38-27(24)35)19-8-7-11-31-14-19/h7-8,11,13-14,16,22-23,25-26,34H,9-10,12,15H2,1-6H3/t16?,22?,23-,25-,26?,28-,29-,30+/m0/s1. The summed E-state index contributed by atoms with van der Waals surface area (Å²) >= 11 is 0. The van der Waals surface area contributed by atoms with E-state index in [0.717, 1.165) is 0 Å². The average Bonchev–Trinajstić information content (AvgIpc) is 2.86. The van der Waals surface area contributed by atoms with Crippen molar-refractivity contribution in [3.05, 3.63) is 46.6 Å². The van der Waals surface area contributed by atoms with Crippen LogP contribution < -0.4 is 10.4 Å². The van der Waals surface area contributed by atoms with Gasteiger partial charge in [-0.2, -0.15) is 0 Å². The van der Waals surface area contributed by atoms with E-state index in [1.165, 1.54) is 13.8 Å². The van der Waals surface area contributed by atoms with Gasteiger partial charge < -0.3 is 23.7 Å². The van der Waals surface area contributed by atoms with Crippen LogP contribution in [0.25, 0.3) is 11.3 Å². The lowest BCUT2D eigenvalue weighted by Crippen LogP contribution is -2.69. The fraction of sp³-hybridized carbons (Fsp3) is 0.600. The molecule has 3 unspecified atom stereocenters. The molecule has 9 heteroatoms. The normalized spacial score (nSPS) is 36.9. The Morgan fingerprint density at radius 2 is 1.95 bits per heavy atom. The molecule has 0 aromatic carbocycles. The van der Waals surface area contributed by atoms with E-state index in [0.29, 0.717) is 36.3 Å². The zero-order valence-electron chi connectivity index (χ0n) is 23.4. The van der Waals surface area contributed by atoms with E-state index < -0.39 is 46.2 Å². The molecule has 3 aliphatic rings. The van der Waals surface area contributed by atoms with Crippen LogP contribution in [0.15, 0.2) is 39.8 Å². The number of fused-ring (bicyclic) bond motifs is 4. The van der Waals surface area contributed by atoms with Crippen molar-refractivity contribution in [2.45, 2.75) is 78.6 Å². The SMILES string of the molecule is CC(=O)OC[C@@]1(C)C2CC(C)[C@@]3(C)Oc4cc(-c5cccnc5)oc(=O)c4[C@H](O)C3[C@@]2(C)CC[C@@H]1OC(C)=O. The molecule has 2 aromatic heterocycles. The van der Waals surface area contributed by atoms with Crippen molar-refractivity contribution < 1.29 is 33.3 Å². The molecular weight excluding hydrogens is 502 g/mol. The van der Waals surface area contributed by atoms with Crippen molar-refractivity contribution in [3.63, 3.8) is 0 Å². The van der Waals surface area contributed by atoms with Gasteiger partial charge in [0.15, 0.2) is 0 Å². The monoisotopic (exact) mass is 539 g/mol. The van der Waals surface area contributed by atoms with Crippen LogP contribution in [0.4, 0.5) is 0 Å². The second-order valence-electron chi connectivity index (χ2n) is 12.2. The third kappa shape index (κ3) is 4.26. The zero-order chi connectivity index (χ0) is 28.3. The molecule has 0 saturated heterocycles. The maximum Gasteiger partial charge on any atom is 0.345 e. The van der Waals surface area contributed by atoms with Crippen molar-refractivity contribution in [2.24, 2.45) is 28.6 Å². The minimum Gasteiger partial charge on any atom is -0.486 e. The molecule has 2 fully saturated rings. The summed E-state index contributed by atoms with van der Waals surface area (Å²) < 4.78 is 23.7. The van der Waals surface area contributed by atoms with Crippen LogP contribution in [-0.2, 0) is 19.1 Å². The summed E-state index contributed by atoms with van der Waals surface area (Å²) in [6.45, 7) is 11.0. The number of pyridine rings is 1. The average molecular weight is 540 g/mol. The summed E-state index contributed by atoms with van der Waals surface area (Å²) in [4.78, 5) is 41.3. The molecular formula is C30H37NO8. The molecule has 1 N–H and O–H groups in total. The van der Waals surface area contributed by atoms with Crippen LogP contribution in [0.3, 0.4) is 0 Å². The molecule has 210 valence electrons. The molecule has 2 aliphatic carbocycles. The third-order valence-electron chi connectivity index (χ3n) is 9.90. The summed E-state index contributed by atoms with van der Waals surface area (Å²) in [6.07, 6.45) is 3.50. The number of hydrogen-bond donors (Lipinski definition) is 1.